The first-order valence-electron chi connectivity index (χ1n) is 7.11. The van der Waals surface area contributed by atoms with Crippen molar-refractivity contribution in [2.75, 3.05) is 13.1 Å². The van der Waals surface area contributed by atoms with E-state index in [4.69, 9.17) is 0 Å². The predicted molar refractivity (Wildman–Crippen MR) is 82.2 cm³/mol. The predicted octanol–water partition coefficient (Wildman–Crippen LogP) is 3.57. The number of benzene rings is 1. The van der Waals surface area contributed by atoms with Gasteiger partial charge in [-0.3, -0.25) is 4.79 Å². The SMILES string of the molecule is CC1CCN(C(=O)C(C)SCc2ccccc2)CC1. The number of likely N-dealkylation sites (tertiary alicyclic amines) is 1. The van der Waals surface area contributed by atoms with Gasteiger partial charge in [0, 0.05) is 18.8 Å². The maximum atomic E-state index is 12.3. The van der Waals surface area contributed by atoms with Crippen LogP contribution >= 0.6 is 11.8 Å². The van der Waals surface area contributed by atoms with Crippen molar-refractivity contribution in [2.24, 2.45) is 5.92 Å². The highest BCUT2D eigenvalue weighted by atomic mass is 32.2. The number of piperidine rings is 1. The van der Waals surface area contributed by atoms with Gasteiger partial charge in [-0.05, 0) is 31.2 Å². The molecule has 1 aromatic carbocycles. The molecule has 0 N–H and O–H groups in total. The second kappa shape index (κ2) is 6.99. The third-order valence-corrected chi connectivity index (χ3v) is 4.99. The molecule has 1 saturated heterocycles. The highest BCUT2D eigenvalue weighted by molar-refractivity contribution is 7.99. The third kappa shape index (κ3) is 4.27. The molecule has 0 spiro atoms. The number of thioether (sulfide) groups is 1. The summed E-state index contributed by atoms with van der Waals surface area (Å²) in [6.07, 6.45) is 2.31. The number of nitrogens with zero attached hydrogens (tertiary/aromatic N) is 1. The molecule has 1 fully saturated rings. The first kappa shape index (κ1) is 14.4. The van der Waals surface area contributed by atoms with E-state index in [2.05, 4.69) is 31.2 Å². The number of amides is 1. The molecule has 2 rings (SSSR count). The van der Waals surface area contributed by atoms with Crippen LogP contribution in [0.4, 0.5) is 0 Å². The summed E-state index contributed by atoms with van der Waals surface area (Å²) in [4.78, 5) is 14.4. The summed E-state index contributed by atoms with van der Waals surface area (Å²) in [5.74, 6) is 2.00. The zero-order valence-corrected chi connectivity index (χ0v) is 12.7. The molecule has 104 valence electrons. The van der Waals surface area contributed by atoms with Crippen molar-refractivity contribution >= 4 is 17.7 Å². The number of hydrogen-bond acceptors (Lipinski definition) is 2. The summed E-state index contributed by atoms with van der Waals surface area (Å²) in [6.45, 7) is 6.19. The standard InChI is InChI=1S/C16H23NOS/c1-13-8-10-17(11-9-13)16(18)14(2)19-12-15-6-4-3-5-7-15/h3-7,13-14H,8-12H2,1-2H3. The summed E-state index contributed by atoms with van der Waals surface area (Å²) in [6, 6.07) is 10.4. The summed E-state index contributed by atoms with van der Waals surface area (Å²) in [5, 5.41) is 0.0635. The van der Waals surface area contributed by atoms with Gasteiger partial charge in [0.1, 0.15) is 0 Å². The largest absolute Gasteiger partial charge is 0.342 e. The molecule has 0 radical (unpaired) electrons. The molecule has 19 heavy (non-hydrogen) atoms. The minimum absolute atomic E-state index is 0.0635. The molecule has 0 saturated carbocycles. The summed E-state index contributed by atoms with van der Waals surface area (Å²) in [7, 11) is 0. The Hall–Kier alpha value is -0.960. The van der Waals surface area contributed by atoms with Crippen LogP contribution in [-0.4, -0.2) is 29.1 Å². The van der Waals surface area contributed by atoms with Crippen molar-refractivity contribution in [2.45, 2.75) is 37.7 Å². The lowest BCUT2D eigenvalue weighted by molar-refractivity contribution is -0.131. The maximum Gasteiger partial charge on any atom is 0.235 e. The molecule has 1 heterocycles. The van der Waals surface area contributed by atoms with Crippen LogP contribution in [0.25, 0.3) is 0 Å². The van der Waals surface area contributed by atoms with E-state index < -0.39 is 0 Å². The Morgan fingerprint density at radius 1 is 1.32 bits per heavy atom. The average Bonchev–Trinajstić information content (AvgIpc) is 2.46. The van der Waals surface area contributed by atoms with Crippen LogP contribution in [0.2, 0.25) is 0 Å². The van der Waals surface area contributed by atoms with E-state index in [1.54, 1.807) is 11.8 Å². The van der Waals surface area contributed by atoms with Crippen molar-refractivity contribution in [3.63, 3.8) is 0 Å². The molecule has 2 nitrogen and oxygen atoms in total. The monoisotopic (exact) mass is 277 g/mol. The van der Waals surface area contributed by atoms with Gasteiger partial charge in [0.05, 0.1) is 5.25 Å². The number of carbonyl (C=O) groups excluding carboxylic acids is 1. The molecule has 1 aliphatic rings. The van der Waals surface area contributed by atoms with Crippen molar-refractivity contribution in [1.82, 2.24) is 4.90 Å². The quantitative estimate of drug-likeness (QED) is 0.838. The number of hydrogen-bond donors (Lipinski definition) is 0. The van der Waals surface area contributed by atoms with Crippen LogP contribution in [0.5, 0.6) is 0 Å². The first-order valence-corrected chi connectivity index (χ1v) is 8.16. The molecule has 0 bridgehead atoms. The van der Waals surface area contributed by atoms with Gasteiger partial charge < -0.3 is 4.90 Å². The van der Waals surface area contributed by atoms with E-state index in [1.165, 1.54) is 5.56 Å². The van der Waals surface area contributed by atoms with Crippen LogP contribution in [0, 0.1) is 5.92 Å². The number of rotatable bonds is 4. The van der Waals surface area contributed by atoms with Crippen LogP contribution < -0.4 is 0 Å². The highest BCUT2D eigenvalue weighted by Gasteiger charge is 2.24. The van der Waals surface area contributed by atoms with Gasteiger partial charge in [-0.2, -0.15) is 0 Å². The van der Waals surface area contributed by atoms with Crippen molar-refractivity contribution in [3.05, 3.63) is 35.9 Å². The van der Waals surface area contributed by atoms with E-state index in [0.717, 1.165) is 37.6 Å². The van der Waals surface area contributed by atoms with E-state index in [-0.39, 0.29) is 5.25 Å². The highest BCUT2D eigenvalue weighted by Crippen LogP contribution is 2.22. The summed E-state index contributed by atoms with van der Waals surface area (Å²) >= 11 is 1.74. The van der Waals surface area contributed by atoms with Crippen molar-refractivity contribution in [3.8, 4) is 0 Å². The van der Waals surface area contributed by atoms with E-state index in [0.29, 0.717) is 5.91 Å². The molecule has 1 aromatic rings. The zero-order valence-electron chi connectivity index (χ0n) is 11.8. The van der Waals surface area contributed by atoms with Gasteiger partial charge in [-0.1, -0.05) is 37.3 Å². The average molecular weight is 277 g/mol. The van der Waals surface area contributed by atoms with Gasteiger partial charge >= 0.3 is 0 Å². The Kier molecular flexibility index (Phi) is 5.32. The van der Waals surface area contributed by atoms with Crippen LogP contribution in [0.3, 0.4) is 0 Å². The molecule has 3 heteroatoms. The zero-order chi connectivity index (χ0) is 13.7. The number of carbonyl (C=O) groups is 1. The normalized spacial score (nSPS) is 18.3. The third-order valence-electron chi connectivity index (χ3n) is 3.79. The minimum atomic E-state index is 0.0635. The van der Waals surface area contributed by atoms with Gasteiger partial charge in [0.2, 0.25) is 5.91 Å². The lowest BCUT2D eigenvalue weighted by Gasteiger charge is -2.32. The van der Waals surface area contributed by atoms with Gasteiger partial charge in [0.15, 0.2) is 0 Å². The molecular weight excluding hydrogens is 254 g/mol. The molecule has 0 aliphatic carbocycles. The molecule has 1 unspecified atom stereocenters. The van der Waals surface area contributed by atoms with Gasteiger partial charge in [-0.25, -0.2) is 0 Å². The fourth-order valence-electron chi connectivity index (χ4n) is 2.35. The second-order valence-electron chi connectivity index (χ2n) is 5.45. The van der Waals surface area contributed by atoms with E-state index in [9.17, 15) is 4.79 Å². The summed E-state index contributed by atoms with van der Waals surface area (Å²) < 4.78 is 0. The lowest BCUT2D eigenvalue weighted by Crippen LogP contribution is -2.41. The van der Waals surface area contributed by atoms with E-state index >= 15 is 0 Å². The molecule has 0 aromatic heterocycles. The Labute approximate surface area is 120 Å². The maximum absolute atomic E-state index is 12.3. The van der Waals surface area contributed by atoms with Crippen molar-refractivity contribution in [1.29, 1.82) is 0 Å². The molecule has 1 atom stereocenters. The van der Waals surface area contributed by atoms with Gasteiger partial charge in [0.25, 0.3) is 0 Å². The molecular formula is C16H23NOS. The Morgan fingerprint density at radius 3 is 2.58 bits per heavy atom. The Balaban J connectivity index is 1.79. The Bertz CT molecular complexity index is 398. The fourth-order valence-corrected chi connectivity index (χ4v) is 3.28. The van der Waals surface area contributed by atoms with Gasteiger partial charge in [-0.15, -0.1) is 11.8 Å². The topological polar surface area (TPSA) is 20.3 Å². The smallest absolute Gasteiger partial charge is 0.235 e. The van der Waals surface area contributed by atoms with Crippen LogP contribution in [-0.2, 0) is 10.5 Å². The fraction of sp³-hybridized carbons (Fsp3) is 0.562. The Morgan fingerprint density at radius 2 is 1.95 bits per heavy atom. The van der Waals surface area contributed by atoms with Crippen molar-refractivity contribution < 1.29 is 4.79 Å². The minimum Gasteiger partial charge on any atom is -0.342 e. The lowest BCUT2D eigenvalue weighted by atomic mass is 9.99. The van der Waals surface area contributed by atoms with E-state index in [1.807, 2.05) is 17.9 Å². The summed E-state index contributed by atoms with van der Waals surface area (Å²) in [5.41, 5.74) is 1.29. The molecule has 1 amide bonds. The second-order valence-corrected chi connectivity index (χ2v) is 6.78. The molecule has 1 aliphatic heterocycles. The van der Waals surface area contributed by atoms with Crippen LogP contribution in [0.15, 0.2) is 30.3 Å². The first-order chi connectivity index (χ1) is 9.16. The van der Waals surface area contributed by atoms with Crippen LogP contribution in [0.1, 0.15) is 32.3 Å².